The van der Waals surface area contributed by atoms with Crippen LogP contribution in [0.1, 0.15) is 21.5 Å². The molecule has 0 atom stereocenters. The molecule has 23 heavy (non-hydrogen) atoms. The lowest BCUT2D eigenvalue weighted by Gasteiger charge is -2.13. The van der Waals surface area contributed by atoms with Gasteiger partial charge in [-0.1, -0.05) is 35.9 Å². The average Bonchev–Trinajstić information content (AvgIpc) is 2.56. The molecule has 4 nitrogen and oxygen atoms in total. The van der Waals surface area contributed by atoms with Crippen molar-refractivity contribution in [1.82, 2.24) is 0 Å². The third-order valence-electron chi connectivity index (χ3n) is 3.36. The molecule has 0 saturated carbocycles. The van der Waals surface area contributed by atoms with Crippen LogP contribution in [0.3, 0.4) is 0 Å². The van der Waals surface area contributed by atoms with Crippen molar-refractivity contribution < 1.29 is 19.4 Å². The number of methoxy groups -OCH3 is 2. The van der Waals surface area contributed by atoms with Gasteiger partial charge in [-0.2, -0.15) is 0 Å². The Labute approximate surface area is 143 Å². The minimum atomic E-state index is -0.358. The van der Waals surface area contributed by atoms with Crippen molar-refractivity contribution in [3.05, 3.63) is 57.6 Å². The maximum atomic E-state index is 12.4. The first-order valence-electron chi connectivity index (χ1n) is 6.90. The normalized spacial score (nSPS) is 10.8. The number of hydrogen-bond donors (Lipinski definition) is 1. The molecule has 1 N–H and O–H groups in total. The predicted molar refractivity (Wildman–Crippen MR) is 93.5 cm³/mol. The summed E-state index contributed by atoms with van der Waals surface area (Å²) < 4.78 is 10.6. The van der Waals surface area contributed by atoms with Gasteiger partial charge in [-0.15, -0.1) is 0 Å². The number of phenols is 1. The predicted octanol–water partition coefficient (Wildman–Crippen LogP) is 4.38. The summed E-state index contributed by atoms with van der Waals surface area (Å²) in [7, 11) is 2.90. The fourth-order valence-corrected chi connectivity index (χ4v) is 2.55. The molecule has 0 aliphatic carbocycles. The monoisotopic (exact) mass is 376 g/mol. The Morgan fingerprint density at radius 2 is 1.74 bits per heavy atom. The van der Waals surface area contributed by atoms with Crippen molar-refractivity contribution in [2.75, 3.05) is 14.2 Å². The second-order valence-electron chi connectivity index (χ2n) is 4.93. The first-order chi connectivity index (χ1) is 11.0. The Morgan fingerprint density at radius 1 is 1.13 bits per heavy atom. The van der Waals surface area contributed by atoms with Crippen molar-refractivity contribution in [3.63, 3.8) is 0 Å². The zero-order chi connectivity index (χ0) is 17.0. The van der Waals surface area contributed by atoms with Gasteiger partial charge in [-0.05, 0) is 34.5 Å². The van der Waals surface area contributed by atoms with Crippen molar-refractivity contribution in [3.8, 4) is 17.2 Å². The van der Waals surface area contributed by atoms with Gasteiger partial charge in [-0.25, -0.2) is 0 Å². The molecule has 5 heteroatoms. The third-order valence-corrected chi connectivity index (χ3v) is 4.13. The number of phenolic OH excluding ortho intramolecular Hbond substituents is 1. The molecule has 0 spiro atoms. The number of rotatable bonds is 5. The lowest BCUT2D eigenvalue weighted by atomic mass is 10.1. The Balaban J connectivity index is 2.39. The summed E-state index contributed by atoms with van der Waals surface area (Å²) in [5, 5.41) is 10.3. The van der Waals surface area contributed by atoms with E-state index in [2.05, 4.69) is 15.9 Å². The minimum absolute atomic E-state index is 0.0866. The van der Waals surface area contributed by atoms with E-state index in [-0.39, 0.29) is 22.8 Å². The molecule has 0 aliphatic rings. The van der Waals surface area contributed by atoms with Crippen LogP contribution < -0.4 is 9.47 Å². The molecule has 0 aromatic heterocycles. The summed E-state index contributed by atoms with van der Waals surface area (Å²) in [4.78, 5) is 12.4. The standard InChI is InChI=1S/C18H17BrO4/c1-11-4-6-12(7-5-11)8-9-13(20)16-14(22-2)10-15(23-3)17(19)18(16)21/h4-10,21H,1-3H3/b9-8+. The lowest BCUT2D eigenvalue weighted by molar-refractivity contribution is 0.104. The number of ketones is 1. The number of benzene rings is 2. The quantitative estimate of drug-likeness (QED) is 0.621. The molecule has 0 aliphatic heterocycles. The van der Waals surface area contributed by atoms with Gasteiger partial charge in [0, 0.05) is 6.07 Å². The molecule has 0 unspecified atom stereocenters. The Morgan fingerprint density at radius 3 is 2.30 bits per heavy atom. The van der Waals surface area contributed by atoms with Crippen molar-refractivity contribution in [2.24, 2.45) is 0 Å². The van der Waals surface area contributed by atoms with E-state index in [4.69, 9.17) is 9.47 Å². The van der Waals surface area contributed by atoms with Gasteiger partial charge < -0.3 is 14.6 Å². The maximum Gasteiger partial charge on any atom is 0.193 e. The highest BCUT2D eigenvalue weighted by Crippen LogP contribution is 2.42. The van der Waals surface area contributed by atoms with E-state index in [0.29, 0.717) is 10.2 Å². The Kier molecular flexibility index (Phi) is 5.45. The highest BCUT2D eigenvalue weighted by molar-refractivity contribution is 9.10. The molecule has 0 heterocycles. The first kappa shape index (κ1) is 17.1. The van der Waals surface area contributed by atoms with Gasteiger partial charge in [0.25, 0.3) is 0 Å². The van der Waals surface area contributed by atoms with E-state index in [1.807, 2.05) is 31.2 Å². The second-order valence-corrected chi connectivity index (χ2v) is 5.72. The second kappa shape index (κ2) is 7.33. The van der Waals surface area contributed by atoms with Crippen molar-refractivity contribution in [2.45, 2.75) is 6.92 Å². The SMILES string of the molecule is COc1cc(OC)c(C(=O)/C=C/c2ccc(C)cc2)c(O)c1Br. The van der Waals surface area contributed by atoms with E-state index < -0.39 is 0 Å². The highest BCUT2D eigenvalue weighted by Gasteiger charge is 2.21. The molecule has 0 bridgehead atoms. The molecule has 0 radical (unpaired) electrons. The lowest BCUT2D eigenvalue weighted by Crippen LogP contribution is -2.01. The van der Waals surface area contributed by atoms with Gasteiger partial charge in [0.1, 0.15) is 27.3 Å². The Bertz CT molecular complexity index is 749. The van der Waals surface area contributed by atoms with E-state index in [0.717, 1.165) is 11.1 Å². The molecule has 120 valence electrons. The van der Waals surface area contributed by atoms with Crippen LogP contribution in [0.15, 0.2) is 40.9 Å². The van der Waals surface area contributed by atoms with Crippen LogP contribution in [-0.4, -0.2) is 25.1 Å². The molecule has 2 aromatic carbocycles. The van der Waals surface area contributed by atoms with Crippen LogP contribution in [0.4, 0.5) is 0 Å². The largest absolute Gasteiger partial charge is 0.506 e. The number of halogens is 1. The topological polar surface area (TPSA) is 55.8 Å². The van der Waals surface area contributed by atoms with Gasteiger partial charge in [0.2, 0.25) is 0 Å². The van der Waals surface area contributed by atoms with Crippen molar-refractivity contribution in [1.29, 1.82) is 0 Å². The first-order valence-corrected chi connectivity index (χ1v) is 7.69. The number of hydrogen-bond acceptors (Lipinski definition) is 4. The molecule has 0 amide bonds. The van der Waals surface area contributed by atoms with Crippen LogP contribution >= 0.6 is 15.9 Å². The number of ether oxygens (including phenoxy) is 2. The molecule has 0 fully saturated rings. The summed E-state index contributed by atoms with van der Waals surface area (Å²) >= 11 is 3.22. The molecule has 0 saturated heterocycles. The van der Waals surface area contributed by atoms with Crippen LogP contribution in [0.25, 0.3) is 6.08 Å². The minimum Gasteiger partial charge on any atom is -0.506 e. The number of aromatic hydroxyl groups is 1. The third kappa shape index (κ3) is 3.74. The van der Waals surface area contributed by atoms with Gasteiger partial charge >= 0.3 is 0 Å². The number of aryl methyl sites for hydroxylation is 1. The van der Waals surface area contributed by atoms with E-state index >= 15 is 0 Å². The van der Waals surface area contributed by atoms with Crippen LogP contribution in [0.5, 0.6) is 17.2 Å². The molecular formula is C18H17BrO4. The summed E-state index contributed by atoms with van der Waals surface area (Å²) in [6, 6.07) is 9.31. The van der Waals surface area contributed by atoms with Gasteiger partial charge in [0.05, 0.1) is 14.2 Å². The summed E-state index contributed by atoms with van der Waals surface area (Å²) in [6.07, 6.45) is 3.10. The van der Waals surface area contributed by atoms with Gasteiger partial charge in [-0.3, -0.25) is 4.79 Å². The number of carbonyl (C=O) groups excluding carboxylic acids is 1. The summed E-state index contributed by atoms with van der Waals surface area (Å²) in [6.45, 7) is 2.00. The van der Waals surface area contributed by atoms with Crippen LogP contribution in [-0.2, 0) is 0 Å². The number of allylic oxidation sites excluding steroid dienone is 1. The fourth-order valence-electron chi connectivity index (χ4n) is 2.08. The fraction of sp³-hybridized carbons (Fsp3) is 0.167. The van der Waals surface area contributed by atoms with Gasteiger partial charge in [0.15, 0.2) is 5.78 Å². The van der Waals surface area contributed by atoms with E-state index in [9.17, 15) is 9.90 Å². The summed E-state index contributed by atoms with van der Waals surface area (Å²) in [5.41, 5.74) is 2.13. The zero-order valence-corrected chi connectivity index (χ0v) is 14.7. The smallest absolute Gasteiger partial charge is 0.193 e. The summed E-state index contributed by atoms with van der Waals surface area (Å²) in [5.74, 6) is 0.0718. The Hall–Kier alpha value is -2.27. The zero-order valence-electron chi connectivity index (χ0n) is 13.1. The number of carbonyl (C=O) groups is 1. The molecule has 2 rings (SSSR count). The van der Waals surface area contributed by atoms with E-state index in [1.165, 1.54) is 20.3 Å². The van der Waals surface area contributed by atoms with Crippen LogP contribution in [0, 0.1) is 6.92 Å². The van der Waals surface area contributed by atoms with Crippen LogP contribution in [0.2, 0.25) is 0 Å². The average molecular weight is 377 g/mol. The highest BCUT2D eigenvalue weighted by atomic mass is 79.9. The molecule has 2 aromatic rings. The maximum absolute atomic E-state index is 12.4. The van der Waals surface area contributed by atoms with Crippen molar-refractivity contribution >= 4 is 27.8 Å². The van der Waals surface area contributed by atoms with E-state index in [1.54, 1.807) is 12.1 Å². The molecular weight excluding hydrogens is 360 g/mol.